The number of carbonyl (C=O) groups excluding carboxylic acids is 1. The summed E-state index contributed by atoms with van der Waals surface area (Å²) in [6.45, 7) is 8.36. The molecule has 1 unspecified atom stereocenters. The number of hydrogen-bond donors (Lipinski definition) is 1. The minimum absolute atomic E-state index is 0.110. The highest BCUT2D eigenvalue weighted by molar-refractivity contribution is 5.89. The van der Waals surface area contributed by atoms with Crippen LogP contribution in [-0.4, -0.2) is 27.0 Å². The SMILES string of the molecule is CCCCCN(C(=O)Nc1ccccc1F)C(C)c1nc2ccccc2c(=O)n1-c1ccc(C)cc1C. The van der Waals surface area contributed by atoms with E-state index in [0.29, 0.717) is 23.3 Å². The zero-order valence-corrected chi connectivity index (χ0v) is 21.8. The van der Waals surface area contributed by atoms with E-state index < -0.39 is 17.9 Å². The molecule has 1 heterocycles. The van der Waals surface area contributed by atoms with Gasteiger partial charge < -0.3 is 10.2 Å². The van der Waals surface area contributed by atoms with Crippen LogP contribution in [-0.2, 0) is 0 Å². The first kappa shape index (κ1) is 26.1. The molecule has 1 aromatic heterocycles. The maximum Gasteiger partial charge on any atom is 0.322 e. The normalized spacial score (nSPS) is 11.9. The molecule has 1 atom stereocenters. The number of amides is 2. The first-order valence-corrected chi connectivity index (χ1v) is 12.7. The zero-order chi connectivity index (χ0) is 26.5. The summed E-state index contributed by atoms with van der Waals surface area (Å²) in [5.74, 6) is -0.0520. The van der Waals surface area contributed by atoms with Gasteiger partial charge >= 0.3 is 6.03 Å². The molecule has 0 fully saturated rings. The average Bonchev–Trinajstić information content (AvgIpc) is 2.88. The second kappa shape index (κ2) is 11.4. The molecule has 4 aromatic rings. The summed E-state index contributed by atoms with van der Waals surface area (Å²) in [6.07, 6.45) is 2.69. The Bertz CT molecular complexity index is 1480. The van der Waals surface area contributed by atoms with Gasteiger partial charge in [0.25, 0.3) is 5.56 Å². The third kappa shape index (κ3) is 5.56. The molecule has 6 nitrogen and oxygen atoms in total. The van der Waals surface area contributed by atoms with Crippen molar-refractivity contribution in [3.8, 4) is 5.69 Å². The lowest BCUT2D eigenvalue weighted by atomic mass is 10.1. The van der Waals surface area contributed by atoms with Crippen molar-refractivity contribution in [1.82, 2.24) is 14.5 Å². The number of halogens is 1. The molecule has 4 rings (SSSR count). The third-order valence-corrected chi connectivity index (χ3v) is 6.61. The minimum atomic E-state index is -0.568. The molecule has 0 bridgehead atoms. The predicted octanol–water partition coefficient (Wildman–Crippen LogP) is 6.93. The van der Waals surface area contributed by atoms with E-state index in [4.69, 9.17) is 4.98 Å². The molecule has 0 saturated heterocycles. The molecule has 3 aromatic carbocycles. The van der Waals surface area contributed by atoms with Crippen LogP contribution in [0.25, 0.3) is 16.6 Å². The summed E-state index contributed by atoms with van der Waals surface area (Å²) in [6, 6.07) is 18.2. The van der Waals surface area contributed by atoms with Crippen molar-refractivity contribution >= 4 is 22.6 Å². The van der Waals surface area contributed by atoms with Crippen molar-refractivity contribution in [3.63, 3.8) is 0 Å². The Balaban J connectivity index is 1.85. The van der Waals surface area contributed by atoms with Gasteiger partial charge in [-0.05, 0) is 63.1 Å². The highest BCUT2D eigenvalue weighted by atomic mass is 19.1. The van der Waals surface area contributed by atoms with Crippen LogP contribution in [0.4, 0.5) is 14.9 Å². The number of rotatable bonds is 8. The van der Waals surface area contributed by atoms with E-state index >= 15 is 0 Å². The lowest BCUT2D eigenvalue weighted by Gasteiger charge is -2.31. The second-order valence-electron chi connectivity index (χ2n) is 9.40. The van der Waals surface area contributed by atoms with E-state index in [1.165, 1.54) is 12.1 Å². The smallest absolute Gasteiger partial charge is 0.315 e. The van der Waals surface area contributed by atoms with Crippen LogP contribution >= 0.6 is 0 Å². The van der Waals surface area contributed by atoms with Gasteiger partial charge in [-0.25, -0.2) is 14.2 Å². The Kier molecular flexibility index (Phi) is 8.01. The Hall–Kier alpha value is -4.00. The second-order valence-corrected chi connectivity index (χ2v) is 9.40. The van der Waals surface area contributed by atoms with Crippen molar-refractivity contribution in [3.05, 3.63) is 99.9 Å². The predicted molar refractivity (Wildman–Crippen MR) is 147 cm³/mol. The molecule has 7 heteroatoms. The van der Waals surface area contributed by atoms with Gasteiger partial charge in [0.05, 0.1) is 28.3 Å². The molecule has 2 amide bonds. The number of nitrogens with zero attached hydrogens (tertiary/aromatic N) is 3. The lowest BCUT2D eigenvalue weighted by Crippen LogP contribution is -2.40. The number of aromatic nitrogens is 2. The monoisotopic (exact) mass is 500 g/mol. The van der Waals surface area contributed by atoms with E-state index in [-0.39, 0.29) is 11.2 Å². The van der Waals surface area contributed by atoms with E-state index in [0.717, 1.165) is 36.1 Å². The number of hydrogen-bond acceptors (Lipinski definition) is 3. The van der Waals surface area contributed by atoms with Gasteiger partial charge in [-0.15, -0.1) is 0 Å². The van der Waals surface area contributed by atoms with Crippen molar-refractivity contribution in [2.75, 3.05) is 11.9 Å². The maximum atomic E-state index is 14.3. The fraction of sp³-hybridized carbons (Fsp3) is 0.300. The van der Waals surface area contributed by atoms with Crippen molar-refractivity contribution in [2.24, 2.45) is 0 Å². The number of para-hydroxylation sites is 2. The highest BCUT2D eigenvalue weighted by Crippen LogP contribution is 2.26. The number of urea groups is 1. The summed E-state index contributed by atoms with van der Waals surface area (Å²) in [5, 5.41) is 3.22. The molecule has 0 spiro atoms. The van der Waals surface area contributed by atoms with E-state index in [2.05, 4.69) is 12.2 Å². The largest absolute Gasteiger partial charge is 0.322 e. The molecule has 37 heavy (non-hydrogen) atoms. The number of benzene rings is 3. The summed E-state index contributed by atoms with van der Waals surface area (Å²) >= 11 is 0. The number of aryl methyl sites for hydroxylation is 2. The molecular weight excluding hydrogens is 467 g/mol. The van der Waals surface area contributed by atoms with Crippen LogP contribution in [0, 0.1) is 19.7 Å². The molecule has 1 N–H and O–H groups in total. The highest BCUT2D eigenvalue weighted by Gasteiger charge is 2.27. The first-order chi connectivity index (χ1) is 17.8. The molecular formula is C30H33FN4O2. The molecule has 0 aliphatic heterocycles. The molecule has 192 valence electrons. The summed E-state index contributed by atoms with van der Waals surface area (Å²) in [7, 11) is 0. The fourth-order valence-electron chi connectivity index (χ4n) is 4.61. The Morgan fingerprint density at radius 2 is 1.78 bits per heavy atom. The summed E-state index contributed by atoms with van der Waals surface area (Å²) in [5.41, 5.74) is 3.22. The Morgan fingerprint density at radius 1 is 1.05 bits per heavy atom. The zero-order valence-electron chi connectivity index (χ0n) is 21.8. The standard InChI is InChI=1S/C30H33FN4O2/c1-5-6-11-18-34(30(37)33-26-15-10-8-13-24(26)31)22(4)28-32-25-14-9-7-12-23(25)29(36)35(28)27-17-16-20(2)19-21(27)3/h7-10,12-17,19,22H,5-6,11,18H2,1-4H3,(H,33,37). The fourth-order valence-corrected chi connectivity index (χ4v) is 4.61. The minimum Gasteiger partial charge on any atom is -0.315 e. The van der Waals surface area contributed by atoms with Gasteiger partial charge in [0.15, 0.2) is 0 Å². The molecule has 0 aliphatic carbocycles. The van der Waals surface area contributed by atoms with Gasteiger partial charge in [-0.1, -0.05) is 61.7 Å². The third-order valence-electron chi connectivity index (χ3n) is 6.61. The number of nitrogens with one attached hydrogen (secondary N) is 1. The molecule has 0 aliphatic rings. The van der Waals surface area contributed by atoms with Crippen molar-refractivity contribution in [1.29, 1.82) is 0 Å². The van der Waals surface area contributed by atoms with Crippen LogP contribution in [0.5, 0.6) is 0 Å². The van der Waals surface area contributed by atoms with Crippen LogP contribution in [0.1, 0.15) is 56.1 Å². The first-order valence-electron chi connectivity index (χ1n) is 12.7. The van der Waals surface area contributed by atoms with Crippen LogP contribution in [0.2, 0.25) is 0 Å². The van der Waals surface area contributed by atoms with Gasteiger partial charge in [0.2, 0.25) is 0 Å². The van der Waals surface area contributed by atoms with E-state index in [1.807, 2.05) is 51.1 Å². The number of anilines is 1. The van der Waals surface area contributed by atoms with Gasteiger partial charge in [-0.2, -0.15) is 0 Å². The van der Waals surface area contributed by atoms with Gasteiger partial charge in [-0.3, -0.25) is 9.36 Å². The van der Waals surface area contributed by atoms with Crippen molar-refractivity contribution in [2.45, 2.75) is 53.0 Å². The van der Waals surface area contributed by atoms with Gasteiger partial charge in [0.1, 0.15) is 11.6 Å². The van der Waals surface area contributed by atoms with Crippen LogP contribution in [0.15, 0.2) is 71.5 Å². The number of carbonyl (C=O) groups is 1. The Morgan fingerprint density at radius 3 is 2.51 bits per heavy atom. The summed E-state index contributed by atoms with van der Waals surface area (Å²) in [4.78, 5) is 33.9. The van der Waals surface area contributed by atoms with Crippen LogP contribution < -0.4 is 10.9 Å². The quantitative estimate of drug-likeness (QED) is 0.267. The number of unbranched alkanes of at least 4 members (excludes halogenated alkanes) is 2. The summed E-state index contributed by atoms with van der Waals surface area (Å²) < 4.78 is 16.0. The lowest BCUT2D eigenvalue weighted by molar-refractivity contribution is 0.187. The topological polar surface area (TPSA) is 67.2 Å². The van der Waals surface area contributed by atoms with E-state index in [9.17, 15) is 14.0 Å². The Labute approximate surface area is 216 Å². The number of fused-ring (bicyclic) bond motifs is 1. The maximum absolute atomic E-state index is 14.3. The van der Waals surface area contributed by atoms with E-state index in [1.54, 1.807) is 33.7 Å². The average molecular weight is 501 g/mol. The molecule has 0 radical (unpaired) electrons. The van der Waals surface area contributed by atoms with Crippen molar-refractivity contribution < 1.29 is 9.18 Å². The van der Waals surface area contributed by atoms with Gasteiger partial charge in [0, 0.05) is 6.54 Å². The molecule has 0 saturated carbocycles. The van der Waals surface area contributed by atoms with Crippen LogP contribution in [0.3, 0.4) is 0 Å².